The number of amides is 1. The van der Waals surface area contributed by atoms with Crippen LogP contribution < -0.4 is 10.6 Å². The number of nitrogens with one attached hydrogen (secondary N) is 2. The Bertz CT molecular complexity index is 1130. The van der Waals surface area contributed by atoms with Gasteiger partial charge in [-0.25, -0.2) is 0 Å². The standard InChI is InChI=1S/C23H22F6N2O4/c1-11(2)20(21(35)30-10-17(33)34)31-16-9-5-8-15(19(16)23(27,28)29)14-7-4-6-13(12(3)32)18(14)22(24,25)26/h4-9,11,20,31H,10H2,1-3H3,(H,30,35)(H,33,34). The van der Waals surface area contributed by atoms with Crippen LogP contribution in [0.1, 0.15) is 42.3 Å². The number of carboxylic acid groups (broad SMARTS) is 1. The lowest BCUT2D eigenvalue weighted by atomic mass is 9.89. The molecule has 1 amide bonds. The van der Waals surface area contributed by atoms with Gasteiger partial charge in [-0.15, -0.1) is 0 Å². The molecule has 0 saturated heterocycles. The summed E-state index contributed by atoms with van der Waals surface area (Å²) in [6, 6.07) is 4.31. The van der Waals surface area contributed by atoms with Crippen LogP contribution in [0.4, 0.5) is 32.0 Å². The molecule has 6 nitrogen and oxygen atoms in total. The second kappa shape index (κ2) is 10.4. The van der Waals surface area contributed by atoms with Crippen molar-refractivity contribution in [3.63, 3.8) is 0 Å². The average Bonchev–Trinajstić information content (AvgIpc) is 2.73. The van der Waals surface area contributed by atoms with E-state index in [1.165, 1.54) is 13.8 Å². The van der Waals surface area contributed by atoms with Crippen LogP contribution in [-0.2, 0) is 21.9 Å². The van der Waals surface area contributed by atoms with Gasteiger partial charge in [0.15, 0.2) is 5.78 Å². The summed E-state index contributed by atoms with van der Waals surface area (Å²) in [5.41, 5.74) is -6.13. The molecule has 0 spiro atoms. The molecule has 12 heteroatoms. The van der Waals surface area contributed by atoms with Gasteiger partial charge in [0.1, 0.15) is 12.6 Å². The lowest BCUT2D eigenvalue weighted by Crippen LogP contribution is -2.45. The SMILES string of the molecule is CC(=O)c1cccc(-c2cccc(NC(C(=O)NCC(=O)O)C(C)C)c2C(F)(F)F)c1C(F)(F)F. The number of aliphatic carboxylic acids is 1. The predicted molar refractivity (Wildman–Crippen MR) is 115 cm³/mol. The fraction of sp³-hybridized carbons (Fsp3) is 0.348. The Kier molecular flexibility index (Phi) is 8.19. The van der Waals surface area contributed by atoms with Crippen LogP contribution >= 0.6 is 0 Å². The van der Waals surface area contributed by atoms with Crippen molar-refractivity contribution in [1.29, 1.82) is 0 Å². The molecule has 2 rings (SSSR count). The Balaban J connectivity index is 2.76. The highest BCUT2D eigenvalue weighted by Crippen LogP contribution is 2.46. The summed E-state index contributed by atoms with van der Waals surface area (Å²) in [5, 5.41) is 13.2. The van der Waals surface area contributed by atoms with Gasteiger partial charge in [0.05, 0.1) is 11.1 Å². The molecule has 0 aliphatic heterocycles. The summed E-state index contributed by atoms with van der Waals surface area (Å²) in [5.74, 6) is -3.88. The molecule has 0 saturated carbocycles. The van der Waals surface area contributed by atoms with Crippen LogP contribution in [0.2, 0.25) is 0 Å². The minimum Gasteiger partial charge on any atom is -0.480 e. The normalized spacial score (nSPS) is 12.9. The zero-order valence-corrected chi connectivity index (χ0v) is 18.8. The average molecular weight is 504 g/mol. The van der Waals surface area contributed by atoms with E-state index in [0.29, 0.717) is 0 Å². The molecule has 3 N–H and O–H groups in total. The third kappa shape index (κ3) is 6.52. The molecule has 0 radical (unpaired) electrons. The number of carboxylic acids is 1. The molecule has 190 valence electrons. The predicted octanol–water partition coefficient (Wildman–Crippen LogP) is 5.23. The Hall–Kier alpha value is -3.57. The van der Waals surface area contributed by atoms with E-state index in [0.717, 1.165) is 43.3 Å². The van der Waals surface area contributed by atoms with E-state index in [2.05, 4.69) is 10.6 Å². The minimum absolute atomic E-state index is 0.625. The Morgan fingerprint density at radius 3 is 1.86 bits per heavy atom. The Morgan fingerprint density at radius 1 is 0.886 bits per heavy atom. The first-order valence-corrected chi connectivity index (χ1v) is 10.2. The quantitative estimate of drug-likeness (QED) is 0.338. The molecule has 0 heterocycles. The zero-order chi connectivity index (χ0) is 26.7. The Morgan fingerprint density at radius 2 is 1.40 bits per heavy atom. The van der Waals surface area contributed by atoms with Crippen LogP contribution in [0.15, 0.2) is 36.4 Å². The minimum atomic E-state index is -5.16. The third-order valence-corrected chi connectivity index (χ3v) is 5.04. The van der Waals surface area contributed by atoms with E-state index in [1.54, 1.807) is 0 Å². The third-order valence-electron chi connectivity index (χ3n) is 5.04. The highest BCUT2D eigenvalue weighted by molar-refractivity contribution is 5.98. The second-order valence-corrected chi connectivity index (χ2v) is 7.99. The summed E-state index contributed by atoms with van der Waals surface area (Å²) >= 11 is 0. The van der Waals surface area contributed by atoms with Crippen LogP contribution in [-0.4, -0.2) is 35.4 Å². The van der Waals surface area contributed by atoms with Gasteiger partial charge in [0, 0.05) is 11.3 Å². The van der Waals surface area contributed by atoms with Gasteiger partial charge >= 0.3 is 18.3 Å². The maximum Gasteiger partial charge on any atom is 0.418 e. The first-order valence-electron chi connectivity index (χ1n) is 10.2. The topological polar surface area (TPSA) is 95.5 Å². The van der Waals surface area contributed by atoms with Crippen LogP contribution in [0.25, 0.3) is 11.1 Å². The van der Waals surface area contributed by atoms with Crippen LogP contribution in [0, 0.1) is 5.92 Å². The van der Waals surface area contributed by atoms with Crippen LogP contribution in [0.5, 0.6) is 0 Å². The number of hydrogen-bond acceptors (Lipinski definition) is 4. The van der Waals surface area contributed by atoms with E-state index in [4.69, 9.17) is 5.11 Å². The van der Waals surface area contributed by atoms with Crippen molar-refractivity contribution in [1.82, 2.24) is 5.32 Å². The van der Waals surface area contributed by atoms with Crippen LogP contribution in [0.3, 0.4) is 0 Å². The fourth-order valence-corrected chi connectivity index (χ4v) is 3.55. The molecule has 1 atom stereocenters. The number of halogens is 6. The van der Waals surface area contributed by atoms with Gasteiger partial charge in [0.2, 0.25) is 5.91 Å². The van der Waals surface area contributed by atoms with Crippen molar-refractivity contribution in [2.75, 3.05) is 11.9 Å². The number of alkyl halides is 6. The van der Waals surface area contributed by atoms with Gasteiger partial charge in [0.25, 0.3) is 0 Å². The smallest absolute Gasteiger partial charge is 0.418 e. The van der Waals surface area contributed by atoms with Crippen molar-refractivity contribution in [2.45, 2.75) is 39.2 Å². The molecule has 35 heavy (non-hydrogen) atoms. The van der Waals surface area contributed by atoms with Gasteiger partial charge in [-0.2, -0.15) is 26.3 Å². The van der Waals surface area contributed by atoms with Crippen molar-refractivity contribution >= 4 is 23.3 Å². The first kappa shape index (κ1) is 27.7. The van der Waals surface area contributed by atoms with Gasteiger partial charge in [-0.05, 0) is 30.0 Å². The molecular weight excluding hydrogens is 482 g/mol. The van der Waals surface area contributed by atoms with Crippen molar-refractivity contribution in [2.24, 2.45) is 5.92 Å². The van der Waals surface area contributed by atoms with E-state index in [1.807, 2.05) is 0 Å². The molecule has 0 aliphatic rings. The maximum atomic E-state index is 14.2. The maximum absolute atomic E-state index is 14.2. The summed E-state index contributed by atoms with van der Waals surface area (Å²) < 4.78 is 84.4. The number of rotatable bonds is 8. The number of hydrogen-bond donors (Lipinski definition) is 3. The molecule has 0 bridgehead atoms. The Labute approximate surface area is 196 Å². The van der Waals surface area contributed by atoms with Gasteiger partial charge in [-0.1, -0.05) is 44.2 Å². The number of anilines is 1. The lowest BCUT2D eigenvalue weighted by Gasteiger charge is -2.26. The zero-order valence-electron chi connectivity index (χ0n) is 18.8. The van der Waals surface area contributed by atoms with Crippen molar-refractivity contribution in [3.05, 3.63) is 53.1 Å². The van der Waals surface area contributed by atoms with Gasteiger partial charge < -0.3 is 15.7 Å². The summed E-state index contributed by atoms with van der Waals surface area (Å²) in [6.45, 7) is 3.09. The monoisotopic (exact) mass is 504 g/mol. The number of carbonyl (C=O) groups excluding carboxylic acids is 2. The molecule has 0 fully saturated rings. The second-order valence-electron chi connectivity index (χ2n) is 7.99. The van der Waals surface area contributed by atoms with Crippen molar-refractivity contribution in [3.8, 4) is 11.1 Å². The summed E-state index contributed by atoms with van der Waals surface area (Å²) in [7, 11) is 0. The summed E-state index contributed by atoms with van der Waals surface area (Å²) in [4.78, 5) is 35.0. The van der Waals surface area contributed by atoms with E-state index in [9.17, 15) is 40.7 Å². The molecule has 2 aromatic rings. The number of Topliss-reactive ketones (excluding diaryl/α,β-unsaturated/α-hetero) is 1. The first-order chi connectivity index (χ1) is 16.1. The molecular formula is C23H22F6N2O4. The highest BCUT2D eigenvalue weighted by atomic mass is 19.4. The van der Waals surface area contributed by atoms with E-state index >= 15 is 0 Å². The summed E-state index contributed by atoms with van der Waals surface area (Å²) in [6.07, 6.45) is -10.3. The highest BCUT2D eigenvalue weighted by Gasteiger charge is 2.42. The number of benzene rings is 2. The van der Waals surface area contributed by atoms with Gasteiger partial charge in [-0.3, -0.25) is 14.4 Å². The number of ketones is 1. The lowest BCUT2D eigenvalue weighted by molar-refractivity contribution is -0.139. The molecule has 2 aromatic carbocycles. The van der Waals surface area contributed by atoms with E-state index < -0.39 is 82.0 Å². The largest absolute Gasteiger partial charge is 0.480 e. The van der Waals surface area contributed by atoms with Crippen molar-refractivity contribution < 1.29 is 45.8 Å². The fourth-order valence-electron chi connectivity index (χ4n) is 3.55. The van der Waals surface area contributed by atoms with E-state index in [-0.39, 0.29) is 0 Å². The molecule has 0 aromatic heterocycles. The number of carbonyl (C=O) groups is 3. The molecule has 1 unspecified atom stereocenters. The molecule has 0 aliphatic carbocycles.